The lowest BCUT2D eigenvalue weighted by molar-refractivity contribution is -0.384. The van der Waals surface area contributed by atoms with Crippen molar-refractivity contribution in [1.82, 2.24) is 0 Å². The van der Waals surface area contributed by atoms with E-state index in [9.17, 15) is 10.1 Å². The summed E-state index contributed by atoms with van der Waals surface area (Å²) in [5, 5.41) is 12.0. The predicted molar refractivity (Wildman–Crippen MR) is 73.3 cm³/mol. The molecule has 0 aliphatic heterocycles. The van der Waals surface area contributed by atoms with E-state index in [4.69, 9.17) is 23.2 Å². The molecule has 0 bridgehead atoms. The molecule has 0 aromatic heterocycles. The molecule has 0 aliphatic carbocycles. The highest BCUT2D eigenvalue weighted by atomic mass is 35.5. The molecular formula is C13H9Cl2NO2. The van der Waals surface area contributed by atoms with Gasteiger partial charge in [-0.25, -0.2) is 0 Å². The largest absolute Gasteiger partial charge is 0.277 e. The van der Waals surface area contributed by atoms with Crippen molar-refractivity contribution in [2.24, 2.45) is 0 Å². The molecule has 0 saturated carbocycles. The van der Waals surface area contributed by atoms with Gasteiger partial charge in [-0.2, -0.15) is 0 Å². The van der Waals surface area contributed by atoms with Gasteiger partial charge < -0.3 is 0 Å². The quantitative estimate of drug-likeness (QED) is 0.582. The fraction of sp³-hybridized carbons (Fsp3) is 0.0769. The van der Waals surface area contributed by atoms with Crippen LogP contribution < -0.4 is 0 Å². The molecule has 0 saturated heterocycles. The Hall–Kier alpha value is -1.58. The van der Waals surface area contributed by atoms with Gasteiger partial charge in [-0.05, 0) is 30.7 Å². The van der Waals surface area contributed by atoms with Gasteiger partial charge in [0, 0.05) is 16.7 Å². The molecule has 0 radical (unpaired) electrons. The molecule has 0 N–H and O–H groups in total. The summed E-state index contributed by atoms with van der Waals surface area (Å²) in [6.45, 7) is 1.81. The van der Waals surface area contributed by atoms with Gasteiger partial charge >= 0.3 is 0 Å². The second kappa shape index (κ2) is 4.96. The van der Waals surface area contributed by atoms with Crippen molar-refractivity contribution >= 4 is 28.9 Å². The molecule has 2 aromatic carbocycles. The molecule has 2 aromatic rings. The Labute approximate surface area is 114 Å². The summed E-state index contributed by atoms with van der Waals surface area (Å²) < 4.78 is 0. The van der Waals surface area contributed by atoms with Gasteiger partial charge in [-0.15, -0.1) is 0 Å². The number of halogens is 2. The Morgan fingerprint density at radius 1 is 1.06 bits per heavy atom. The first kappa shape index (κ1) is 12.9. The molecule has 0 fully saturated rings. The number of rotatable bonds is 2. The lowest BCUT2D eigenvalue weighted by Crippen LogP contribution is -1.93. The molecule has 3 nitrogen and oxygen atoms in total. The number of nitro benzene ring substituents is 1. The van der Waals surface area contributed by atoms with Crippen LogP contribution in [0.1, 0.15) is 5.56 Å². The average molecular weight is 282 g/mol. The van der Waals surface area contributed by atoms with Crippen LogP contribution in [0.5, 0.6) is 0 Å². The lowest BCUT2D eigenvalue weighted by Gasteiger charge is -2.06. The van der Waals surface area contributed by atoms with Crippen molar-refractivity contribution in [1.29, 1.82) is 0 Å². The minimum absolute atomic E-state index is 0.0409. The summed E-state index contributed by atoms with van der Waals surface area (Å²) in [4.78, 5) is 10.7. The first-order chi connectivity index (χ1) is 8.49. The number of aryl methyl sites for hydroxylation is 1. The number of nitrogens with zero attached hydrogens (tertiary/aromatic N) is 1. The molecule has 0 atom stereocenters. The SMILES string of the molecule is Cc1ccc(-c2ccc(Cl)cc2Cl)c([N+](=O)[O-])c1. The van der Waals surface area contributed by atoms with Crippen molar-refractivity contribution < 1.29 is 4.92 Å². The van der Waals surface area contributed by atoms with Crippen LogP contribution in [0.4, 0.5) is 5.69 Å². The molecule has 92 valence electrons. The van der Waals surface area contributed by atoms with E-state index >= 15 is 0 Å². The number of benzene rings is 2. The van der Waals surface area contributed by atoms with Crippen LogP contribution in [0.25, 0.3) is 11.1 Å². The summed E-state index contributed by atoms with van der Waals surface area (Å²) in [7, 11) is 0. The van der Waals surface area contributed by atoms with E-state index in [2.05, 4.69) is 0 Å². The lowest BCUT2D eigenvalue weighted by atomic mass is 10.0. The third-order valence-electron chi connectivity index (χ3n) is 2.57. The topological polar surface area (TPSA) is 43.1 Å². The first-order valence-corrected chi connectivity index (χ1v) is 5.95. The zero-order valence-electron chi connectivity index (χ0n) is 9.48. The van der Waals surface area contributed by atoms with Crippen LogP contribution in [0.2, 0.25) is 10.0 Å². The van der Waals surface area contributed by atoms with Gasteiger partial charge in [0.15, 0.2) is 0 Å². The maximum atomic E-state index is 11.1. The minimum Gasteiger partial charge on any atom is -0.258 e. The number of nitro groups is 1. The van der Waals surface area contributed by atoms with Crippen molar-refractivity contribution in [2.45, 2.75) is 6.92 Å². The summed E-state index contributed by atoms with van der Waals surface area (Å²) in [5.41, 5.74) is 1.97. The van der Waals surface area contributed by atoms with E-state index in [0.717, 1.165) is 5.56 Å². The third-order valence-corrected chi connectivity index (χ3v) is 3.12. The number of hydrogen-bond donors (Lipinski definition) is 0. The van der Waals surface area contributed by atoms with Crippen LogP contribution in [-0.2, 0) is 0 Å². The standard InChI is InChI=1S/C13H9Cl2NO2/c1-8-2-4-11(13(6-8)16(17)18)10-5-3-9(14)7-12(10)15/h2-7H,1H3. The van der Waals surface area contributed by atoms with Crippen LogP contribution in [0, 0.1) is 17.0 Å². The van der Waals surface area contributed by atoms with Gasteiger partial charge in [0.05, 0.1) is 15.5 Å². The van der Waals surface area contributed by atoms with E-state index in [1.165, 1.54) is 6.07 Å². The highest BCUT2D eigenvalue weighted by molar-refractivity contribution is 6.36. The molecule has 5 heteroatoms. The Morgan fingerprint density at radius 3 is 2.33 bits per heavy atom. The average Bonchev–Trinajstić information content (AvgIpc) is 2.29. The maximum absolute atomic E-state index is 11.1. The smallest absolute Gasteiger partial charge is 0.258 e. The molecule has 18 heavy (non-hydrogen) atoms. The van der Waals surface area contributed by atoms with Gasteiger partial charge in [-0.3, -0.25) is 10.1 Å². The molecule has 0 spiro atoms. The fourth-order valence-electron chi connectivity index (χ4n) is 1.73. The van der Waals surface area contributed by atoms with Crippen molar-refractivity contribution in [3.05, 3.63) is 62.1 Å². The Morgan fingerprint density at radius 2 is 1.72 bits per heavy atom. The predicted octanol–water partition coefficient (Wildman–Crippen LogP) is 4.88. The zero-order chi connectivity index (χ0) is 13.3. The first-order valence-electron chi connectivity index (χ1n) is 5.19. The number of hydrogen-bond acceptors (Lipinski definition) is 2. The minimum atomic E-state index is -0.409. The normalized spacial score (nSPS) is 10.4. The van der Waals surface area contributed by atoms with Gasteiger partial charge in [-0.1, -0.05) is 35.3 Å². The van der Waals surface area contributed by atoms with E-state index in [1.807, 2.05) is 6.07 Å². The Bertz CT molecular complexity index is 626. The van der Waals surface area contributed by atoms with Crippen molar-refractivity contribution in [2.75, 3.05) is 0 Å². The van der Waals surface area contributed by atoms with Gasteiger partial charge in [0.2, 0.25) is 0 Å². The molecule has 0 aliphatic rings. The zero-order valence-corrected chi connectivity index (χ0v) is 11.0. The van der Waals surface area contributed by atoms with Crippen molar-refractivity contribution in [3.8, 4) is 11.1 Å². The monoisotopic (exact) mass is 281 g/mol. The Balaban J connectivity index is 2.67. The van der Waals surface area contributed by atoms with E-state index in [0.29, 0.717) is 21.2 Å². The summed E-state index contributed by atoms with van der Waals surface area (Å²) in [6.07, 6.45) is 0. The molecule has 2 rings (SSSR count). The van der Waals surface area contributed by atoms with Gasteiger partial charge in [0.1, 0.15) is 0 Å². The highest BCUT2D eigenvalue weighted by Gasteiger charge is 2.17. The molecule has 0 heterocycles. The van der Waals surface area contributed by atoms with Crippen LogP contribution in [0.15, 0.2) is 36.4 Å². The summed E-state index contributed by atoms with van der Waals surface area (Å²) in [5.74, 6) is 0. The molecule has 0 unspecified atom stereocenters. The Kier molecular flexibility index (Phi) is 3.55. The van der Waals surface area contributed by atoms with Crippen LogP contribution >= 0.6 is 23.2 Å². The second-order valence-corrected chi connectivity index (χ2v) is 4.75. The summed E-state index contributed by atoms with van der Waals surface area (Å²) in [6, 6.07) is 9.95. The fourth-order valence-corrected chi connectivity index (χ4v) is 2.24. The van der Waals surface area contributed by atoms with E-state index < -0.39 is 4.92 Å². The van der Waals surface area contributed by atoms with Crippen molar-refractivity contribution in [3.63, 3.8) is 0 Å². The van der Waals surface area contributed by atoms with E-state index in [1.54, 1.807) is 31.2 Å². The maximum Gasteiger partial charge on any atom is 0.277 e. The molecular weight excluding hydrogens is 273 g/mol. The second-order valence-electron chi connectivity index (χ2n) is 3.90. The molecule has 0 amide bonds. The summed E-state index contributed by atoms with van der Waals surface area (Å²) >= 11 is 11.9. The third kappa shape index (κ3) is 2.47. The van der Waals surface area contributed by atoms with E-state index in [-0.39, 0.29) is 5.69 Å². The van der Waals surface area contributed by atoms with Crippen LogP contribution in [-0.4, -0.2) is 4.92 Å². The van der Waals surface area contributed by atoms with Crippen LogP contribution in [0.3, 0.4) is 0 Å². The van der Waals surface area contributed by atoms with Gasteiger partial charge in [0.25, 0.3) is 5.69 Å². The highest BCUT2D eigenvalue weighted by Crippen LogP contribution is 2.36.